The van der Waals surface area contributed by atoms with Crippen LogP contribution in [0.15, 0.2) is 24.4 Å². The van der Waals surface area contributed by atoms with E-state index in [2.05, 4.69) is 35.9 Å². The number of nitrogens with zero attached hydrogens (tertiary/aromatic N) is 1. The summed E-state index contributed by atoms with van der Waals surface area (Å²) in [6.45, 7) is 8.78. The summed E-state index contributed by atoms with van der Waals surface area (Å²) in [4.78, 5) is 20.3. The summed E-state index contributed by atoms with van der Waals surface area (Å²) >= 11 is 0. The van der Waals surface area contributed by atoms with Crippen LogP contribution in [0.2, 0.25) is 0 Å². The lowest BCUT2D eigenvalue weighted by atomic mass is 10.0. The Kier molecular flexibility index (Phi) is 6.31. The van der Waals surface area contributed by atoms with Gasteiger partial charge in [0.1, 0.15) is 0 Å². The summed E-state index contributed by atoms with van der Waals surface area (Å²) in [6, 6.07) is 6.22. The van der Waals surface area contributed by atoms with Crippen molar-refractivity contribution in [2.45, 2.75) is 52.9 Å². The van der Waals surface area contributed by atoms with Crippen molar-refractivity contribution in [3.8, 4) is 0 Å². The summed E-state index contributed by atoms with van der Waals surface area (Å²) in [5, 5.41) is 1.96. The maximum atomic E-state index is 12.6. The number of hydrogen-bond acceptors (Lipinski definition) is 5. The molecule has 0 amide bonds. The fraction of sp³-hybridized carbons (Fsp3) is 0.455. The first kappa shape index (κ1) is 20.3. The highest BCUT2D eigenvalue weighted by Gasteiger charge is 2.21. The molecular weight excluding hydrogens is 356 g/mol. The van der Waals surface area contributed by atoms with E-state index in [1.807, 2.05) is 19.9 Å². The van der Waals surface area contributed by atoms with Crippen LogP contribution in [0.5, 0.6) is 0 Å². The lowest BCUT2D eigenvalue weighted by Gasteiger charge is -2.14. The van der Waals surface area contributed by atoms with Gasteiger partial charge in [0, 0.05) is 35.6 Å². The van der Waals surface area contributed by atoms with Crippen molar-refractivity contribution in [2.75, 3.05) is 13.7 Å². The number of carbonyl (C=O) groups excluding carboxylic acids is 1. The number of methoxy groups -OCH3 is 1. The van der Waals surface area contributed by atoms with Gasteiger partial charge in [0.2, 0.25) is 0 Å². The Labute approximate surface area is 165 Å². The number of aromatic amines is 1. The van der Waals surface area contributed by atoms with Gasteiger partial charge in [-0.2, -0.15) is 0 Å². The van der Waals surface area contributed by atoms with Crippen LogP contribution in [-0.2, 0) is 20.8 Å². The Balaban J connectivity index is 2.17. The second-order valence-electron chi connectivity index (χ2n) is 7.20. The van der Waals surface area contributed by atoms with Crippen LogP contribution in [0.4, 0.5) is 0 Å². The highest BCUT2D eigenvalue weighted by Crippen LogP contribution is 2.32. The third kappa shape index (κ3) is 4.03. The predicted molar refractivity (Wildman–Crippen MR) is 110 cm³/mol. The molecule has 28 heavy (non-hydrogen) atoms. The maximum absolute atomic E-state index is 12.6. The van der Waals surface area contributed by atoms with Crippen molar-refractivity contribution in [2.24, 2.45) is 0 Å². The van der Waals surface area contributed by atoms with Crippen LogP contribution >= 0.6 is 0 Å². The van der Waals surface area contributed by atoms with E-state index in [4.69, 9.17) is 14.2 Å². The first-order valence-electron chi connectivity index (χ1n) is 9.71. The van der Waals surface area contributed by atoms with Gasteiger partial charge in [0.25, 0.3) is 0 Å². The first-order valence-corrected chi connectivity index (χ1v) is 9.71. The SMILES string of the molecule is CCCOC(C)c1ccc2[nH]c3cnc(C(=O)OC(C)C)c(COC)c3c2c1. The normalized spacial score (nSPS) is 12.8. The fourth-order valence-electron chi connectivity index (χ4n) is 3.35. The zero-order chi connectivity index (χ0) is 20.3. The predicted octanol–water partition coefficient (Wildman–Crippen LogP) is 4.92. The highest BCUT2D eigenvalue weighted by molar-refractivity contribution is 6.11. The van der Waals surface area contributed by atoms with E-state index >= 15 is 0 Å². The number of rotatable bonds is 8. The molecule has 2 aromatic heterocycles. The lowest BCUT2D eigenvalue weighted by Crippen LogP contribution is -2.15. The standard InChI is InChI=1S/C22H28N2O4/c1-6-9-27-14(4)15-7-8-18-16(10-15)20-17(12-26-5)21(22(25)28-13(2)3)23-11-19(20)24-18/h7-8,10-11,13-14,24H,6,9,12H2,1-5H3. The number of fused-ring (bicyclic) bond motifs is 3. The molecule has 1 aromatic carbocycles. The zero-order valence-corrected chi connectivity index (χ0v) is 17.2. The van der Waals surface area contributed by atoms with Crippen molar-refractivity contribution < 1.29 is 19.0 Å². The van der Waals surface area contributed by atoms with Gasteiger partial charge in [0.05, 0.1) is 30.5 Å². The number of hydrogen-bond donors (Lipinski definition) is 1. The Morgan fingerprint density at radius 1 is 1.21 bits per heavy atom. The molecule has 0 saturated carbocycles. The smallest absolute Gasteiger partial charge is 0.357 e. The highest BCUT2D eigenvalue weighted by atomic mass is 16.5. The van der Waals surface area contributed by atoms with E-state index < -0.39 is 5.97 Å². The molecule has 0 fully saturated rings. The average molecular weight is 384 g/mol. The molecule has 150 valence electrons. The number of aromatic nitrogens is 2. The Morgan fingerprint density at radius 2 is 2.00 bits per heavy atom. The van der Waals surface area contributed by atoms with Crippen molar-refractivity contribution in [1.29, 1.82) is 0 Å². The van der Waals surface area contributed by atoms with E-state index in [0.717, 1.165) is 46.0 Å². The third-order valence-corrected chi connectivity index (χ3v) is 4.63. The minimum Gasteiger partial charge on any atom is -0.458 e. The summed E-state index contributed by atoms with van der Waals surface area (Å²) in [5.74, 6) is -0.436. The average Bonchev–Trinajstić information content (AvgIpc) is 3.04. The minimum absolute atomic E-state index is 0.00705. The number of nitrogens with one attached hydrogen (secondary N) is 1. The van der Waals surface area contributed by atoms with Gasteiger partial charge < -0.3 is 19.2 Å². The van der Waals surface area contributed by atoms with E-state index in [1.54, 1.807) is 13.3 Å². The van der Waals surface area contributed by atoms with Crippen LogP contribution in [-0.4, -0.2) is 35.8 Å². The van der Waals surface area contributed by atoms with Gasteiger partial charge in [-0.05, 0) is 44.9 Å². The zero-order valence-electron chi connectivity index (χ0n) is 17.2. The van der Waals surface area contributed by atoms with Gasteiger partial charge in [-0.25, -0.2) is 9.78 Å². The summed E-state index contributed by atoms with van der Waals surface area (Å²) in [6.07, 6.45) is 2.44. The molecule has 0 spiro atoms. The first-order chi connectivity index (χ1) is 13.5. The number of ether oxygens (including phenoxy) is 3. The minimum atomic E-state index is -0.436. The Bertz CT molecular complexity index is 977. The van der Waals surface area contributed by atoms with Crippen LogP contribution in [0.3, 0.4) is 0 Å². The van der Waals surface area contributed by atoms with Crippen LogP contribution in [0.1, 0.15) is 61.8 Å². The molecule has 3 rings (SSSR count). The molecular formula is C22H28N2O4. The van der Waals surface area contributed by atoms with Gasteiger partial charge in [-0.15, -0.1) is 0 Å². The Morgan fingerprint density at radius 3 is 2.68 bits per heavy atom. The summed E-state index contributed by atoms with van der Waals surface area (Å²) in [5.41, 5.74) is 3.96. The van der Waals surface area contributed by atoms with Crippen molar-refractivity contribution in [1.82, 2.24) is 9.97 Å². The molecule has 0 aliphatic rings. The van der Waals surface area contributed by atoms with Gasteiger partial charge >= 0.3 is 5.97 Å². The molecule has 6 heteroatoms. The van der Waals surface area contributed by atoms with Crippen molar-refractivity contribution in [3.63, 3.8) is 0 Å². The molecule has 2 heterocycles. The number of H-pyrrole nitrogens is 1. The van der Waals surface area contributed by atoms with Crippen LogP contribution in [0, 0.1) is 0 Å². The molecule has 3 aromatic rings. The second-order valence-corrected chi connectivity index (χ2v) is 7.20. The van der Waals surface area contributed by atoms with Crippen LogP contribution in [0.25, 0.3) is 21.8 Å². The molecule has 0 bridgehead atoms. The number of esters is 1. The van der Waals surface area contributed by atoms with E-state index in [1.165, 1.54) is 0 Å². The van der Waals surface area contributed by atoms with Crippen LogP contribution < -0.4 is 0 Å². The van der Waals surface area contributed by atoms with Crippen molar-refractivity contribution >= 4 is 27.8 Å². The molecule has 0 saturated heterocycles. The quantitative estimate of drug-likeness (QED) is 0.558. The summed E-state index contributed by atoms with van der Waals surface area (Å²) < 4.78 is 16.7. The number of carbonyl (C=O) groups is 1. The maximum Gasteiger partial charge on any atom is 0.357 e. The monoisotopic (exact) mass is 384 g/mol. The van der Waals surface area contributed by atoms with Gasteiger partial charge in [-0.1, -0.05) is 13.0 Å². The van der Waals surface area contributed by atoms with E-state index in [0.29, 0.717) is 5.69 Å². The Hall–Kier alpha value is -2.44. The van der Waals surface area contributed by atoms with Crippen molar-refractivity contribution in [3.05, 3.63) is 41.2 Å². The largest absolute Gasteiger partial charge is 0.458 e. The molecule has 0 aliphatic carbocycles. The van der Waals surface area contributed by atoms with Gasteiger partial charge in [0.15, 0.2) is 5.69 Å². The molecule has 6 nitrogen and oxygen atoms in total. The fourth-order valence-corrected chi connectivity index (χ4v) is 3.35. The lowest BCUT2D eigenvalue weighted by molar-refractivity contribution is 0.0366. The molecule has 0 aliphatic heterocycles. The molecule has 1 unspecified atom stereocenters. The third-order valence-electron chi connectivity index (χ3n) is 4.63. The number of benzene rings is 1. The number of pyridine rings is 1. The molecule has 1 N–H and O–H groups in total. The van der Waals surface area contributed by atoms with Gasteiger partial charge in [-0.3, -0.25) is 0 Å². The molecule has 1 atom stereocenters. The second kappa shape index (κ2) is 8.71. The topological polar surface area (TPSA) is 73.4 Å². The molecule has 0 radical (unpaired) electrons. The van der Waals surface area contributed by atoms with E-state index in [9.17, 15) is 4.79 Å². The van der Waals surface area contributed by atoms with E-state index in [-0.39, 0.29) is 18.8 Å². The summed E-state index contributed by atoms with van der Waals surface area (Å²) in [7, 11) is 1.61.